The van der Waals surface area contributed by atoms with Gasteiger partial charge in [-0.1, -0.05) is 0 Å². The van der Waals surface area contributed by atoms with E-state index in [1.165, 1.54) is 9.75 Å². The lowest BCUT2D eigenvalue weighted by Gasteiger charge is -2.07. The van der Waals surface area contributed by atoms with Gasteiger partial charge in [-0.2, -0.15) is 0 Å². The van der Waals surface area contributed by atoms with Gasteiger partial charge in [0.15, 0.2) is 0 Å². The molecule has 0 aliphatic rings. The highest BCUT2D eigenvalue weighted by atomic mass is 32.1. The van der Waals surface area contributed by atoms with Crippen LogP contribution in [0.2, 0.25) is 0 Å². The number of nitrogens with zero attached hydrogens (tertiary/aromatic N) is 2. The Morgan fingerprint density at radius 1 is 1.30 bits per heavy atom. The van der Waals surface area contributed by atoms with Crippen molar-refractivity contribution in [3.8, 4) is 10.4 Å². The zero-order valence-electron chi connectivity index (χ0n) is 12.2. The van der Waals surface area contributed by atoms with Gasteiger partial charge in [0.2, 0.25) is 0 Å². The van der Waals surface area contributed by atoms with Crippen molar-refractivity contribution in [3.63, 3.8) is 0 Å². The Hall–Kier alpha value is -1.43. The van der Waals surface area contributed by atoms with Crippen molar-refractivity contribution in [2.24, 2.45) is 0 Å². The summed E-state index contributed by atoms with van der Waals surface area (Å²) >= 11 is 1.82. The third kappa shape index (κ3) is 4.30. The summed E-state index contributed by atoms with van der Waals surface area (Å²) in [7, 11) is 5.87. The van der Waals surface area contributed by atoms with Crippen LogP contribution in [-0.2, 0) is 11.3 Å². The maximum atomic E-state index is 5.03. The van der Waals surface area contributed by atoms with E-state index in [1.807, 2.05) is 23.7 Å². The standard InChI is InChI=1S/C15H21N3OS/c1-18(2)11-14-4-5-15(20-14)12-8-13(10-16-9-12)17-6-7-19-3/h4-5,8-10,17H,6-7,11H2,1-3H3. The summed E-state index contributed by atoms with van der Waals surface area (Å²) in [5, 5.41) is 3.30. The van der Waals surface area contributed by atoms with Gasteiger partial charge in [-0.05, 0) is 32.3 Å². The second-order valence-electron chi connectivity index (χ2n) is 4.89. The van der Waals surface area contributed by atoms with E-state index < -0.39 is 0 Å². The van der Waals surface area contributed by atoms with Gasteiger partial charge in [-0.15, -0.1) is 11.3 Å². The fourth-order valence-electron chi connectivity index (χ4n) is 1.90. The molecule has 0 atom stereocenters. The highest BCUT2D eigenvalue weighted by molar-refractivity contribution is 7.15. The zero-order chi connectivity index (χ0) is 14.4. The molecule has 0 bridgehead atoms. The van der Waals surface area contributed by atoms with Crippen LogP contribution < -0.4 is 5.32 Å². The predicted molar refractivity (Wildman–Crippen MR) is 85.3 cm³/mol. The number of methoxy groups -OCH3 is 1. The molecule has 0 aromatic carbocycles. The number of anilines is 1. The van der Waals surface area contributed by atoms with Crippen molar-refractivity contribution in [2.45, 2.75) is 6.54 Å². The number of rotatable bonds is 7. The maximum Gasteiger partial charge on any atom is 0.0635 e. The molecule has 4 nitrogen and oxygen atoms in total. The van der Waals surface area contributed by atoms with Gasteiger partial charge in [-0.25, -0.2) is 0 Å². The fourth-order valence-corrected chi connectivity index (χ4v) is 3.01. The number of hydrogen-bond acceptors (Lipinski definition) is 5. The molecule has 0 spiro atoms. The summed E-state index contributed by atoms with van der Waals surface area (Å²) in [5.41, 5.74) is 2.18. The molecule has 20 heavy (non-hydrogen) atoms. The Morgan fingerprint density at radius 2 is 2.15 bits per heavy atom. The third-order valence-corrected chi connectivity index (χ3v) is 3.91. The first-order chi connectivity index (χ1) is 9.69. The average molecular weight is 291 g/mol. The number of nitrogens with one attached hydrogen (secondary N) is 1. The number of pyridine rings is 1. The number of ether oxygens (including phenoxy) is 1. The van der Waals surface area contributed by atoms with E-state index >= 15 is 0 Å². The van der Waals surface area contributed by atoms with Crippen LogP contribution in [-0.4, -0.2) is 44.2 Å². The zero-order valence-corrected chi connectivity index (χ0v) is 13.0. The van der Waals surface area contributed by atoms with Gasteiger partial charge in [0, 0.05) is 47.9 Å². The number of thiophene rings is 1. The van der Waals surface area contributed by atoms with E-state index in [9.17, 15) is 0 Å². The Balaban J connectivity index is 2.08. The summed E-state index contributed by atoms with van der Waals surface area (Å²) in [5.74, 6) is 0. The van der Waals surface area contributed by atoms with Crippen LogP contribution >= 0.6 is 11.3 Å². The van der Waals surface area contributed by atoms with Crippen LogP contribution in [0.4, 0.5) is 5.69 Å². The summed E-state index contributed by atoms with van der Waals surface area (Å²) < 4.78 is 5.03. The second kappa shape index (κ2) is 7.38. The number of aromatic nitrogens is 1. The maximum absolute atomic E-state index is 5.03. The minimum atomic E-state index is 0.691. The molecular formula is C15H21N3OS. The minimum Gasteiger partial charge on any atom is -0.383 e. The molecule has 2 rings (SSSR count). The van der Waals surface area contributed by atoms with E-state index in [0.29, 0.717) is 6.61 Å². The van der Waals surface area contributed by atoms with Crippen molar-refractivity contribution < 1.29 is 4.74 Å². The van der Waals surface area contributed by atoms with Crippen LogP contribution in [0.25, 0.3) is 10.4 Å². The Labute approximate surface area is 124 Å². The van der Waals surface area contributed by atoms with E-state index in [-0.39, 0.29) is 0 Å². The molecule has 5 heteroatoms. The van der Waals surface area contributed by atoms with E-state index in [4.69, 9.17) is 4.74 Å². The normalized spacial score (nSPS) is 11.0. The smallest absolute Gasteiger partial charge is 0.0635 e. The van der Waals surface area contributed by atoms with Crippen molar-refractivity contribution in [2.75, 3.05) is 39.7 Å². The first-order valence-corrected chi connectivity index (χ1v) is 7.42. The largest absolute Gasteiger partial charge is 0.383 e. The molecule has 0 unspecified atom stereocenters. The first kappa shape index (κ1) is 15.0. The molecule has 108 valence electrons. The van der Waals surface area contributed by atoms with Crippen molar-refractivity contribution in [3.05, 3.63) is 35.5 Å². The molecule has 1 N–H and O–H groups in total. The quantitative estimate of drug-likeness (QED) is 0.796. The van der Waals surface area contributed by atoms with Gasteiger partial charge >= 0.3 is 0 Å². The van der Waals surface area contributed by atoms with E-state index in [2.05, 4.69) is 47.5 Å². The molecule has 0 aliphatic heterocycles. The molecule has 0 radical (unpaired) electrons. The van der Waals surface area contributed by atoms with Gasteiger partial charge in [-0.3, -0.25) is 4.98 Å². The highest BCUT2D eigenvalue weighted by Crippen LogP contribution is 2.29. The Bertz CT molecular complexity index is 539. The predicted octanol–water partition coefficient (Wildman–Crippen LogP) is 2.93. The highest BCUT2D eigenvalue weighted by Gasteiger charge is 2.05. The van der Waals surface area contributed by atoms with E-state index in [1.54, 1.807) is 7.11 Å². The molecule has 2 heterocycles. The number of hydrogen-bond donors (Lipinski definition) is 1. The minimum absolute atomic E-state index is 0.691. The van der Waals surface area contributed by atoms with Crippen LogP contribution in [0.15, 0.2) is 30.6 Å². The molecule has 2 aromatic heterocycles. The summed E-state index contributed by atoms with van der Waals surface area (Å²) in [6.07, 6.45) is 3.75. The molecule has 0 aliphatic carbocycles. The van der Waals surface area contributed by atoms with Gasteiger partial charge in [0.25, 0.3) is 0 Å². The van der Waals surface area contributed by atoms with Gasteiger partial charge in [0.1, 0.15) is 0 Å². The van der Waals surface area contributed by atoms with Crippen LogP contribution in [0.3, 0.4) is 0 Å². The third-order valence-electron chi connectivity index (χ3n) is 2.79. The summed E-state index contributed by atoms with van der Waals surface area (Å²) in [6, 6.07) is 6.48. The lowest BCUT2D eigenvalue weighted by atomic mass is 10.2. The summed E-state index contributed by atoms with van der Waals surface area (Å²) in [6.45, 7) is 2.46. The molecule has 0 saturated carbocycles. The van der Waals surface area contributed by atoms with Gasteiger partial charge < -0.3 is 15.0 Å². The van der Waals surface area contributed by atoms with Crippen molar-refractivity contribution in [1.82, 2.24) is 9.88 Å². The second-order valence-corrected chi connectivity index (χ2v) is 6.05. The average Bonchev–Trinajstić information content (AvgIpc) is 2.87. The molecule has 0 saturated heterocycles. The van der Waals surface area contributed by atoms with Crippen molar-refractivity contribution in [1.29, 1.82) is 0 Å². The fraction of sp³-hybridized carbons (Fsp3) is 0.400. The SMILES string of the molecule is COCCNc1cncc(-c2ccc(CN(C)C)s2)c1. The van der Waals surface area contributed by atoms with Crippen LogP contribution in [0.1, 0.15) is 4.88 Å². The molecular weight excluding hydrogens is 270 g/mol. The summed E-state index contributed by atoms with van der Waals surface area (Å²) in [4.78, 5) is 9.10. The monoisotopic (exact) mass is 291 g/mol. The van der Waals surface area contributed by atoms with Crippen molar-refractivity contribution >= 4 is 17.0 Å². The van der Waals surface area contributed by atoms with Gasteiger partial charge in [0.05, 0.1) is 12.3 Å². The van der Waals surface area contributed by atoms with Crippen LogP contribution in [0, 0.1) is 0 Å². The lowest BCUT2D eigenvalue weighted by molar-refractivity contribution is 0.211. The Kier molecular flexibility index (Phi) is 5.52. The Morgan fingerprint density at radius 3 is 2.90 bits per heavy atom. The molecule has 0 amide bonds. The van der Waals surface area contributed by atoms with Crippen LogP contribution in [0.5, 0.6) is 0 Å². The lowest BCUT2D eigenvalue weighted by Crippen LogP contribution is -2.09. The molecule has 2 aromatic rings. The molecule has 0 fully saturated rings. The van der Waals surface area contributed by atoms with E-state index in [0.717, 1.165) is 24.3 Å². The topological polar surface area (TPSA) is 37.4 Å². The first-order valence-electron chi connectivity index (χ1n) is 6.60.